The Hall–Kier alpha value is -0.740. The summed E-state index contributed by atoms with van der Waals surface area (Å²) in [5.74, 6) is 1.61. The Morgan fingerprint density at radius 2 is 2.19 bits per heavy atom. The van der Waals surface area contributed by atoms with E-state index in [1.165, 1.54) is 0 Å². The molecule has 88 valence electrons. The second-order valence-electron chi connectivity index (χ2n) is 4.09. The highest BCUT2D eigenvalue weighted by molar-refractivity contribution is 9.10. The standard InChI is InChI=1S/C12H16BrNO2/c1-14-6-5-10(8-14)16-12-7-9(13)3-4-11(12)15-2/h3-4,7,10H,5-6,8H2,1-2H3/t10-/m0/s1. The van der Waals surface area contributed by atoms with Crippen molar-refractivity contribution in [3.05, 3.63) is 22.7 Å². The number of hydrogen-bond donors (Lipinski definition) is 0. The molecule has 1 aliphatic rings. The first-order valence-electron chi connectivity index (χ1n) is 5.38. The number of methoxy groups -OCH3 is 1. The quantitative estimate of drug-likeness (QED) is 0.852. The molecule has 0 N–H and O–H groups in total. The summed E-state index contributed by atoms with van der Waals surface area (Å²) in [5.41, 5.74) is 0. The van der Waals surface area contributed by atoms with Crippen LogP contribution in [0.2, 0.25) is 0 Å². The summed E-state index contributed by atoms with van der Waals surface area (Å²) in [6.07, 6.45) is 1.35. The molecule has 0 aliphatic carbocycles. The zero-order valence-electron chi connectivity index (χ0n) is 9.57. The molecule has 1 fully saturated rings. The van der Waals surface area contributed by atoms with Gasteiger partial charge >= 0.3 is 0 Å². The third kappa shape index (κ3) is 2.68. The van der Waals surface area contributed by atoms with E-state index < -0.39 is 0 Å². The Labute approximate surface area is 104 Å². The van der Waals surface area contributed by atoms with Crippen molar-refractivity contribution in [1.82, 2.24) is 4.90 Å². The van der Waals surface area contributed by atoms with Crippen molar-refractivity contribution in [1.29, 1.82) is 0 Å². The van der Waals surface area contributed by atoms with Gasteiger partial charge in [-0.15, -0.1) is 0 Å². The number of ether oxygens (including phenoxy) is 2. The normalized spacial score (nSPS) is 21.1. The highest BCUT2D eigenvalue weighted by Gasteiger charge is 2.22. The fourth-order valence-corrected chi connectivity index (χ4v) is 2.25. The van der Waals surface area contributed by atoms with Crippen molar-refractivity contribution in [2.24, 2.45) is 0 Å². The lowest BCUT2D eigenvalue weighted by Gasteiger charge is -2.16. The highest BCUT2D eigenvalue weighted by atomic mass is 79.9. The number of halogens is 1. The number of likely N-dealkylation sites (N-methyl/N-ethyl adjacent to an activating group) is 1. The molecule has 1 aliphatic heterocycles. The Kier molecular flexibility index (Phi) is 3.71. The largest absolute Gasteiger partial charge is 0.493 e. The summed E-state index contributed by atoms with van der Waals surface area (Å²) in [5, 5.41) is 0. The molecule has 16 heavy (non-hydrogen) atoms. The van der Waals surface area contributed by atoms with Crippen LogP contribution >= 0.6 is 15.9 Å². The molecule has 4 heteroatoms. The van der Waals surface area contributed by atoms with Gasteiger partial charge in [-0.2, -0.15) is 0 Å². The molecule has 1 aromatic rings. The Morgan fingerprint density at radius 3 is 2.81 bits per heavy atom. The van der Waals surface area contributed by atoms with Crippen LogP contribution in [0.5, 0.6) is 11.5 Å². The molecule has 0 bridgehead atoms. The van der Waals surface area contributed by atoms with Gasteiger partial charge in [-0.05, 0) is 31.7 Å². The van der Waals surface area contributed by atoms with Crippen LogP contribution in [0.4, 0.5) is 0 Å². The minimum Gasteiger partial charge on any atom is -0.493 e. The first-order chi connectivity index (χ1) is 7.69. The number of likely N-dealkylation sites (tertiary alicyclic amines) is 1. The maximum absolute atomic E-state index is 5.95. The van der Waals surface area contributed by atoms with E-state index in [0.29, 0.717) is 0 Å². The maximum atomic E-state index is 5.95. The number of nitrogens with zero attached hydrogens (tertiary/aromatic N) is 1. The first kappa shape index (κ1) is 11.7. The van der Waals surface area contributed by atoms with E-state index in [4.69, 9.17) is 9.47 Å². The van der Waals surface area contributed by atoms with Crippen LogP contribution in [0.3, 0.4) is 0 Å². The molecule has 0 radical (unpaired) electrons. The van der Waals surface area contributed by atoms with E-state index in [1.807, 2.05) is 18.2 Å². The number of hydrogen-bond acceptors (Lipinski definition) is 3. The predicted octanol–water partition coefficient (Wildman–Crippen LogP) is 2.54. The van der Waals surface area contributed by atoms with Crippen LogP contribution in [0.1, 0.15) is 6.42 Å². The Balaban J connectivity index is 2.10. The third-order valence-corrected chi connectivity index (χ3v) is 3.26. The minimum absolute atomic E-state index is 0.271. The van der Waals surface area contributed by atoms with Gasteiger partial charge in [0.2, 0.25) is 0 Å². The van der Waals surface area contributed by atoms with E-state index in [2.05, 4.69) is 27.9 Å². The van der Waals surface area contributed by atoms with Gasteiger partial charge in [-0.25, -0.2) is 0 Å². The molecule has 3 nitrogen and oxygen atoms in total. The average Bonchev–Trinajstić information content (AvgIpc) is 2.64. The second-order valence-corrected chi connectivity index (χ2v) is 5.00. The smallest absolute Gasteiger partial charge is 0.162 e. The Bertz CT molecular complexity index is 370. The van der Waals surface area contributed by atoms with Crippen LogP contribution in [-0.4, -0.2) is 38.3 Å². The second kappa shape index (κ2) is 5.06. The minimum atomic E-state index is 0.271. The van der Waals surface area contributed by atoms with E-state index in [0.717, 1.165) is 35.5 Å². The van der Waals surface area contributed by atoms with Gasteiger partial charge in [-0.1, -0.05) is 15.9 Å². The molecule has 0 spiro atoms. The predicted molar refractivity (Wildman–Crippen MR) is 67.2 cm³/mol. The fraction of sp³-hybridized carbons (Fsp3) is 0.500. The lowest BCUT2D eigenvalue weighted by atomic mass is 10.3. The van der Waals surface area contributed by atoms with Gasteiger partial charge < -0.3 is 14.4 Å². The van der Waals surface area contributed by atoms with Crippen molar-refractivity contribution < 1.29 is 9.47 Å². The summed E-state index contributed by atoms with van der Waals surface area (Å²) in [4.78, 5) is 2.27. The summed E-state index contributed by atoms with van der Waals surface area (Å²) >= 11 is 3.44. The summed E-state index contributed by atoms with van der Waals surface area (Å²) in [6, 6.07) is 5.82. The average molecular weight is 286 g/mol. The van der Waals surface area contributed by atoms with Crippen molar-refractivity contribution in [2.75, 3.05) is 27.2 Å². The van der Waals surface area contributed by atoms with Gasteiger partial charge in [0.25, 0.3) is 0 Å². The fourth-order valence-electron chi connectivity index (χ4n) is 1.91. The summed E-state index contributed by atoms with van der Waals surface area (Å²) in [7, 11) is 3.78. The highest BCUT2D eigenvalue weighted by Crippen LogP contribution is 2.32. The van der Waals surface area contributed by atoms with E-state index in [1.54, 1.807) is 7.11 Å². The van der Waals surface area contributed by atoms with Gasteiger partial charge in [-0.3, -0.25) is 0 Å². The maximum Gasteiger partial charge on any atom is 0.162 e. The number of benzene rings is 1. The van der Waals surface area contributed by atoms with Crippen LogP contribution in [0, 0.1) is 0 Å². The van der Waals surface area contributed by atoms with Gasteiger partial charge in [0.15, 0.2) is 11.5 Å². The van der Waals surface area contributed by atoms with E-state index >= 15 is 0 Å². The molecule has 1 atom stereocenters. The summed E-state index contributed by atoms with van der Waals surface area (Å²) in [6.45, 7) is 2.08. The molecule has 2 rings (SSSR count). The molecule has 0 amide bonds. The van der Waals surface area contributed by atoms with Crippen molar-refractivity contribution in [2.45, 2.75) is 12.5 Å². The van der Waals surface area contributed by atoms with Gasteiger partial charge in [0.1, 0.15) is 6.10 Å². The van der Waals surface area contributed by atoms with Gasteiger partial charge in [0.05, 0.1) is 7.11 Å². The zero-order valence-corrected chi connectivity index (χ0v) is 11.2. The molecular weight excluding hydrogens is 270 g/mol. The van der Waals surface area contributed by atoms with E-state index in [9.17, 15) is 0 Å². The molecule has 1 aromatic carbocycles. The molecule has 0 aromatic heterocycles. The topological polar surface area (TPSA) is 21.7 Å². The molecule has 0 unspecified atom stereocenters. The molecule has 0 saturated carbocycles. The van der Waals surface area contributed by atoms with Crippen molar-refractivity contribution in [3.8, 4) is 11.5 Å². The van der Waals surface area contributed by atoms with Crippen LogP contribution in [0.15, 0.2) is 22.7 Å². The Morgan fingerprint density at radius 1 is 1.38 bits per heavy atom. The van der Waals surface area contributed by atoms with Crippen LogP contribution in [0.25, 0.3) is 0 Å². The van der Waals surface area contributed by atoms with Crippen LogP contribution in [-0.2, 0) is 0 Å². The van der Waals surface area contributed by atoms with Gasteiger partial charge in [0, 0.05) is 17.6 Å². The monoisotopic (exact) mass is 285 g/mol. The van der Waals surface area contributed by atoms with Crippen molar-refractivity contribution >= 4 is 15.9 Å². The lowest BCUT2D eigenvalue weighted by molar-refractivity contribution is 0.199. The molecular formula is C12H16BrNO2. The molecule has 1 saturated heterocycles. The summed E-state index contributed by atoms with van der Waals surface area (Å²) < 4.78 is 12.2. The third-order valence-electron chi connectivity index (χ3n) is 2.77. The zero-order chi connectivity index (χ0) is 11.5. The SMILES string of the molecule is COc1ccc(Br)cc1O[C@H]1CCN(C)C1. The van der Waals surface area contributed by atoms with Crippen molar-refractivity contribution in [3.63, 3.8) is 0 Å². The van der Waals surface area contributed by atoms with Crippen LogP contribution < -0.4 is 9.47 Å². The molecule has 1 heterocycles. The first-order valence-corrected chi connectivity index (χ1v) is 6.17. The van der Waals surface area contributed by atoms with E-state index in [-0.39, 0.29) is 6.10 Å². The lowest BCUT2D eigenvalue weighted by Crippen LogP contribution is -2.21. The number of rotatable bonds is 3.